The maximum atomic E-state index is 6.07. The first kappa shape index (κ1) is 11.0. The highest BCUT2D eigenvalue weighted by atomic mass is 32.1. The fourth-order valence-corrected chi connectivity index (χ4v) is 2.46. The molecule has 0 fully saturated rings. The van der Waals surface area contributed by atoms with Crippen molar-refractivity contribution >= 4 is 32.9 Å². The summed E-state index contributed by atoms with van der Waals surface area (Å²) in [4.78, 5) is 4.26. The third kappa shape index (κ3) is 2.00. The zero-order chi connectivity index (χ0) is 12.4. The lowest BCUT2D eigenvalue weighted by atomic mass is 10.2. The van der Waals surface area contributed by atoms with E-state index in [2.05, 4.69) is 20.6 Å². The van der Waals surface area contributed by atoms with E-state index in [9.17, 15) is 0 Å². The Balaban J connectivity index is 1.72. The average molecular weight is 260 g/mol. The number of anilines is 2. The molecular weight excluding hydrogens is 248 g/mol. The molecule has 0 spiro atoms. The van der Waals surface area contributed by atoms with Crippen LogP contribution in [0.5, 0.6) is 0 Å². The molecule has 3 aromatic rings. The number of nitrogens with zero attached hydrogens (tertiary/aromatic N) is 4. The molecule has 0 amide bonds. The van der Waals surface area contributed by atoms with Crippen LogP contribution in [0.2, 0.25) is 0 Å². The first-order chi connectivity index (χ1) is 8.84. The van der Waals surface area contributed by atoms with E-state index < -0.39 is 0 Å². The number of thiazole rings is 1. The van der Waals surface area contributed by atoms with Gasteiger partial charge in [-0.05, 0) is 12.1 Å². The molecule has 7 heteroatoms. The van der Waals surface area contributed by atoms with Crippen LogP contribution in [-0.2, 0) is 6.54 Å². The quantitative estimate of drug-likeness (QED) is 0.696. The molecule has 0 radical (unpaired) electrons. The van der Waals surface area contributed by atoms with Crippen LogP contribution in [0.4, 0.5) is 11.4 Å². The number of fused-ring (bicyclic) bond motifs is 1. The molecule has 92 valence electrons. The minimum atomic E-state index is 0.701. The van der Waals surface area contributed by atoms with Crippen molar-refractivity contribution in [2.24, 2.45) is 0 Å². The molecule has 0 saturated heterocycles. The second kappa shape index (κ2) is 4.61. The van der Waals surface area contributed by atoms with E-state index in [1.165, 1.54) is 0 Å². The predicted molar refractivity (Wildman–Crippen MR) is 72.5 cm³/mol. The lowest BCUT2D eigenvalue weighted by Crippen LogP contribution is -2.12. The van der Waals surface area contributed by atoms with Gasteiger partial charge in [-0.3, -0.25) is 4.68 Å². The summed E-state index contributed by atoms with van der Waals surface area (Å²) in [6, 6.07) is 4.01. The van der Waals surface area contributed by atoms with Crippen LogP contribution in [0.1, 0.15) is 0 Å². The van der Waals surface area contributed by atoms with Crippen LogP contribution < -0.4 is 11.1 Å². The molecule has 2 aromatic heterocycles. The minimum Gasteiger partial charge on any atom is -0.395 e. The number of benzene rings is 1. The summed E-state index contributed by atoms with van der Waals surface area (Å²) in [7, 11) is 0. The number of aromatic nitrogens is 4. The molecule has 18 heavy (non-hydrogen) atoms. The molecule has 0 atom stereocenters. The van der Waals surface area contributed by atoms with Crippen LogP contribution in [0, 0.1) is 0 Å². The van der Waals surface area contributed by atoms with Gasteiger partial charge in [0.15, 0.2) is 0 Å². The SMILES string of the molecule is Nc1c(NCCn2ccnn2)ccc2scnc12. The standard InChI is InChI=1S/C11H12N6S/c12-10-8(1-2-9-11(10)14-7-18-9)13-3-5-17-6-4-15-16-17/h1-2,4,6-7,13H,3,5,12H2. The van der Waals surface area contributed by atoms with Crippen LogP contribution in [-0.4, -0.2) is 26.5 Å². The molecule has 1 aromatic carbocycles. The monoisotopic (exact) mass is 260 g/mol. The van der Waals surface area contributed by atoms with Gasteiger partial charge in [0, 0.05) is 12.7 Å². The van der Waals surface area contributed by atoms with Gasteiger partial charge in [-0.15, -0.1) is 16.4 Å². The topological polar surface area (TPSA) is 81.6 Å². The Morgan fingerprint density at radius 2 is 2.33 bits per heavy atom. The van der Waals surface area contributed by atoms with E-state index in [1.54, 1.807) is 27.7 Å². The smallest absolute Gasteiger partial charge is 0.106 e. The van der Waals surface area contributed by atoms with Gasteiger partial charge in [-0.2, -0.15) is 0 Å². The number of nitrogens with one attached hydrogen (secondary N) is 1. The first-order valence-electron chi connectivity index (χ1n) is 5.54. The molecule has 6 nitrogen and oxygen atoms in total. The van der Waals surface area contributed by atoms with Crippen LogP contribution in [0.3, 0.4) is 0 Å². The number of hydrogen-bond acceptors (Lipinski definition) is 6. The summed E-state index contributed by atoms with van der Waals surface area (Å²) < 4.78 is 2.87. The summed E-state index contributed by atoms with van der Waals surface area (Å²) in [5, 5.41) is 10.9. The van der Waals surface area contributed by atoms with E-state index >= 15 is 0 Å². The maximum Gasteiger partial charge on any atom is 0.106 e. The molecular formula is C11H12N6S. The van der Waals surface area contributed by atoms with E-state index in [0.717, 1.165) is 29.0 Å². The van der Waals surface area contributed by atoms with E-state index in [-0.39, 0.29) is 0 Å². The largest absolute Gasteiger partial charge is 0.395 e. The Labute approximate surface area is 107 Å². The minimum absolute atomic E-state index is 0.701. The first-order valence-corrected chi connectivity index (χ1v) is 6.42. The zero-order valence-corrected chi connectivity index (χ0v) is 10.4. The number of hydrogen-bond donors (Lipinski definition) is 2. The molecule has 0 saturated carbocycles. The Morgan fingerprint density at radius 3 is 3.17 bits per heavy atom. The average Bonchev–Trinajstić information content (AvgIpc) is 3.02. The lowest BCUT2D eigenvalue weighted by molar-refractivity contribution is 0.609. The van der Waals surface area contributed by atoms with Crippen LogP contribution in [0.15, 0.2) is 30.0 Å². The van der Waals surface area contributed by atoms with E-state index in [4.69, 9.17) is 5.73 Å². The second-order valence-electron chi connectivity index (χ2n) is 3.82. The highest BCUT2D eigenvalue weighted by molar-refractivity contribution is 7.16. The summed E-state index contributed by atoms with van der Waals surface area (Å²) in [5.74, 6) is 0. The van der Waals surface area contributed by atoms with Crippen molar-refractivity contribution in [3.63, 3.8) is 0 Å². The van der Waals surface area contributed by atoms with Gasteiger partial charge >= 0.3 is 0 Å². The van der Waals surface area contributed by atoms with Crippen molar-refractivity contribution in [3.8, 4) is 0 Å². The van der Waals surface area contributed by atoms with Crippen LogP contribution in [0.25, 0.3) is 10.2 Å². The number of rotatable bonds is 4. The predicted octanol–water partition coefficient (Wildman–Crippen LogP) is 1.58. The third-order valence-electron chi connectivity index (χ3n) is 2.67. The summed E-state index contributed by atoms with van der Waals surface area (Å²) in [6.45, 7) is 1.48. The van der Waals surface area contributed by atoms with Gasteiger partial charge in [-0.25, -0.2) is 4.98 Å². The Bertz CT molecular complexity index is 645. The van der Waals surface area contributed by atoms with Crippen LogP contribution >= 0.6 is 11.3 Å². The Hall–Kier alpha value is -2.15. The van der Waals surface area contributed by atoms with Crippen molar-refractivity contribution in [2.45, 2.75) is 6.54 Å². The van der Waals surface area contributed by atoms with E-state index in [0.29, 0.717) is 5.69 Å². The van der Waals surface area contributed by atoms with Gasteiger partial charge < -0.3 is 11.1 Å². The molecule has 2 heterocycles. The van der Waals surface area contributed by atoms with Crippen molar-refractivity contribution < 1.29 is 0 Å². The number of nitrogen functional groups attached to an aromatic ring is 1. The van der Waals surface area contributed by atoms with Crippen molar-refractivity contribution in [3.05, 3.63) is 30.0 Å². The maximum absolute atomic E-state index is 6.07. The Kier molecular flexibility index (Phi) is 2.81. The highest BCUT2D eigenvalue weighted by Crippen LogP contribution is 2.29. The fraction of sp³-hybridized carbons (Fsp3) is 0.182. The molecule has 0 bridgehead atoms. The van der Waals surface area contributed by atoms with Gasteiger partial charge in [0.05, 0.1) is 34.3 Å². The molecule has 0 aliphatic carbocycles. The third-order valence-corrected chi connectivity index (χ3v) is 3.46. The lowest BCUT2D eigenvalue weighted by Gasteiger charge is -2.09. The van der Waals surface area contributed by atoms with Gasteiger partial charge in [0.1, 0.15) is 5.52 Å². The molecule has 3 N–H and O–H groups in total. The molecule has 0 aliphatic heterocycles. The Morgan fingerprint density at radius 1 is 1.39 bits per heavy atom. The summed E-state index contributed by atoms with van der Waals surface area (Å²) in [6.07, 6.45) is 3.49. The summed E-state index contributed by atoms with van der Waals surface area (Å²) in [5.41, 5.74) is 10.4. The van der Waals surface area contributed by atoms with Gasteiger partial charge in [0.2, 0.25) is 0 Å². The van der Waals surface area contributed by atoms with Crippen molar-refractivity contribution in [1.29, 1.82) is 0 Å². The number of nitrogens with two attached hydrogens (primary N) is 1. The van der Waals surface area contributed by atoms with Crippen molar-refractivity contribution in [2.75, 3.05) is 17.6 Å². The molecule has 0 unspecified atom stereocenters. The second-order valence-corrected chi connectivity index (χ2v) is 4.71. The van der Waals surface area contributed by atoms with Gasteiger partial charge in [0.25, 0.3) is 0 Å². The normalized spacial score (nSPS) is 10.9. The molecule has 3 rings (SSSR count). The fourth-order valence-electron chi connectivity index (χ4n) is 1.76. The molecule has 0 aliphatic rings. The van der Waals surface area contributed by atoms with E-state index in [1.807, 2.05) is 18.3 Å². The highest BCUT2D eigenvalue weighted by Gasteiger charge is 2.06. The van der Waals surface area contributed by atoms with Crippen molar-refractivity contribution in [1.82, 2.24) is 20.0 Å². The van der Waals surface area contributed by atoms with Gasteiger partial charge in [-0.1, -0.05) is 5.21 Å². The summed E-state index contributed by atoms with van der Waals surface area (Å²) >= 11 is 1.59. The zero-order valence-electron chi connectivity index (χ0n) is 9.58.